The Kier molecular flexibility index (Phi) is 7.91. The van der Waals surface area contributed by atoms with Gasteiger partial charge in [-0.25, -0.2) is 10.3 Å². The quantitative estimate of drug-likeness (QED) is 0.410. The lowest BCUT2D eigenvalue weighted by atomic mass is 10.2. The second kappa shape index (κ2) is 10.4. The predicted molar refractivity (Wildman–Crippen MR) is 105 cm³/mol. The van der Waals surface area contributed by atoms with Crippen LogP contribution in [0.2, 0.25) is 5.02 Å². The fraction of sp³-hybridized carbons (Fsp3) is 0.263. The molecule has 0 saturated heterocycles. The summed E-state index contributed by atoms with van der Waals surface area (Å²) in [4.78, 5) is 29.4. The zero-order valence-corrected chi connectivity index (χ0v) is 15.8. The van der Waals surface area contributed by atoms with Gasteiger partial charge in [-0.15, -0.1) is 0 Å². The molecule has 7 nitrogen and oxygen atoms in total. The lowest BCUT2D eigenvalue weighted by Gasteiger charge is -2.17. The first-order chi connectivity index (χ1) is 13.0. The van der Waals surface area contributed by atoms with Crippen LogP contribution in [0.5, 0.6) is 0 Å². The van der Waals surface area contributed by atoms with Crippen molar-refractivity contribution >= 4 is 29.2 Å². The Balaban J connectivity index is 1.74. The van der Waals surface area contributed by atoms with E-state index in [1.807, 2.05) is 18.2 Å². The van der Waals surface area contributed by atoms with Crippen molar-refractivity contribution in [1.29, 1.82) is 0 Å². The fourth-order valence-corrected chi connectivity index (χ4v) is 2.48. The van der Waals surface area contributed by atoms with Crippen molar-refractivity contribution in [2.24, 2.45) is 0 Å². The maximum Gasteiger partial charge on any atom is 0.315 e. The Hall–Kier alpha value is -2.77. The number of amides is 3. The number of anilines is 1. The van der Waals surface area contributed by atoms with E-state index in [0.29, 0.717) is 23.7 Å². The lowest BCUT2D eigenvalue weighted by Crippen LogP contribution is -2.49. The number of carbonyl (C=O) groups excluding carboxylic acids is 2. The molecule has 2 aromatic rings. The Bertz CT molecular complexity index is 768. The molecule has 1 unspecified atom stereocenters. The maximum atomic E-state index is 12.2. The largest absolute Gasteiger partial charge is 0.399 e. The fourth-order valence-electron chi connectivity index (χ4n) is 2.27. The first-order valence-electron chi connectivity index (χ1n) is 8.52. The van der Waals surface area contributed by atoms with Crippen LogP contribution in [0.15, 0.2) is 48.5 Å². The van der Waals surface area contributed by atoms with Crippen molar-refractivity contribution in [2.45, 2.75) is 32.5 Å². The van der Waals surface area contributed by atoms with E-state index >= 15 is 0 Å². The summed E-state index contributed by atoms with van der Waals surface area (Å²) in [6.07, 6.45) is 0.418. The minimum absolute atomic E-state index is 0.173. The van der Waals surface area contributed by atoms with E-state index in [-0.39, 0.29) is 6.61 Å². The molecule has 1 atom stereocenters. The molecule has 0 aliphatic heterocycles. The SMILES string of the molecule is CCC(NC(=O)NCc1ccc(N)cc1)C(=O)NOCc1cccc(Cl)c1. The number of halogens is 1. The van der Waals surface area contributed by atoms with E-state index < -0.39 is 18.0 Å². The Labute approximate surface area is 163 Å². The molecule has 2 rings (SSSR count). The molecule has 0 aliphatic rings. The minimum Gasteiger partial charge on any atom is -0.399 e. The highest BCUT2D eigenvalue weighted by Gasteiger charge is 2.18. The van der Waals surface area contributed by atoms with Crippen LogP contribution >= 0.6 is 11.6 Å². The molecule has 0 radical (unpaired) electrons. The zero-order chi connectivity index (χ0) is 19.6. The number of hydrogen-bond acceptors (Lipinski definition) is 4. The Morgan fingerprint density at radius 3 is 2.56 bits per heavy atom. The van der Waals surface area contributed by atoms with Gasteiger partial charge in [-0.1, -0.05) is 42.8 Å². The van der Waals surface area contributed by atoms with Crippen molar-refractivity contribution in [3.8, 4) is 0 Å². The monoisotopic (exact) mass is 390 g/mol. The van der Waals surface area contributed by atoms with Crippen molar-refractivity contribution in [3.05, 3.63) is 64.7 Å². The molecule has 0 saturated carbocycles. The second-order valence-electron chi connectivity index (χ2n) is 5.91. The average Bonchev–Trinajstić information content (AvgIpc) is 2.65. The van der Waals surface area contributed by atoms with Crippen LogP contribution in [0.3, 0.4) is 0 Å². The van der Waals surface area contributed by atoms with E-state index in [0.717, 1.165) is 11.1 Å². The average molecular weight is 391 g/mol. The third-order valence-electron chi connectivity index (χ3n) is 3.76. The van der Waals surface area contributed by atoms with Gasteiger partial charge in [0, 0.05) is 17.3 Å². The van der Waals surface area contributed by atoms with Crippen LogP contribution in [0.1, 0.15) is 24.5 Å². The number of nitrogens with two attached hydrogens (primary N) is 1. The van der Waals surface area contributed by atoms with Crippen molar-refractivity contribution in [3.63, 3.8) is 0 Å². The molecule has 0 spiro atoms. The van der Waals surface area contributed by atoms with Crippen LogP contribution in [0.25, 0.3) is 0 Å². The highest BCUT2D eigenvalue weighted by atomic mass is 35.5. The molecule has 0 aliphatic carbocycles. The summed E-state index contributed by atoms with van der Waals surface area (Å²) in [5.74, 6) is -0.429. The topological polar surface area (TPSA) is 105 Å². The van der Waals surface area contributed by atoms with E-state index in [1.54, 1.807) is 37.3 Å². The molecule has 0 fully saturated rings. The molecule has 3 amide bonds. The van der Waals surface area contributed by atoms with Crippen molar-refractivity contribution in [2.75, 3.05) is 5.73 Å². The highest BCUT2D eigenvalue weighted by molar-refractivity contribution is 6.30. The standard InChI is InChI=1S/C19H23ClN4O3/c1-2-17(18(25)24-27-12-14-4-3-5-15(20)10-14)23-19(26)22-11-13-6-8-16(21)9-7-13/h3-10,17H,2,11-12,21H2,1H3,(H,24,25)(H2,22,23,26). The van der Waals surface area contributed by atoms with E-state index in [4.69, 9.17) is 22.2 Å². The van der Waals surface area contributed by atoms with Gasteiger partial charge in [0.1, 0.15) is 6.04 Å². The van der Waals surface area contributed by atoms with Gasteiger partial charge < -0.3 is 16.4 Å². The molecule has 27 heavy (non-hydrogen) atoms. The van der Waals surface area contributed by atoms with Crippen LogP contribution in [0.4, 0.5) is 10.5 Å². The first-order valence-corrected chi connectivity index (χ1v) is 8.90. The first kappa shape index (κ1) is 20.5. The molecule has 8 heteroatoms. The molecule has 5 N–H and O–H groups in total. The summed E-state index contributed by atoms with van der Waals surface area (Å²) in [5.41, 5.74) is 10.4. The Morgan fingerprint density at radius 1 is 1.15 bits per heavy atom. The number of nitrogen functional groups attached to an aromatic ring is 1. The van der Waals surface area contributed by atoms with Crippen molar-refractivity contribution in [1.82, 2.24) is 16.1 Å². The summed E-state index contributed by atoms with van der Waals surface area (Å²) >= 11 is 5.89. The molecule has 144 valence electrons. The summed E-state index contributed by atoms with van der Waals surface area (Å²) in [5, 5.41) is 5.91. The number of hydroxylamine groups is 1. The van der Waals surface area contributed by atoms with Crippen LogP contribution in [0, 0.1) is 0 Å². The number of nitrogens with one attached hydrogen (secondary N) is 3. The predicted octanol–water partition coefficient (Wildman–Crippen LogP) is 2.75. The Morgan fingerprint density at radius 2 is 1.89 bits per heavy atom. The van der Waals surface area contributed by atoms with Gasteiger partial charge in [-0.2, -0.15) is 0 Å². The maximum absolute atomic E-state index is 12.2. The van der Waals surface area contributed by atoms with Crippen molar-refractivity contribution < 1.29 is 14.4 Å². The van der Waals surface area contributed by atoms with E-state index in [9.17, 15) is 9.59 Å². The van der Waals surface area contributed by atoms with Gasteiger partial charge in [-0.05, 0) is 41.8 Å². The van der Waals surface area contributed by atoms with Gasteiger partial charge in [-0.3, -0.25) is 9.63 Å². The van der Waals surface area contributed by atoms with Gasteiger partial charge in [0.15, 0.2) is 0 Å². The van der Waals surface area contributed by atoms with Gasteiger partial charge >= 0.3 is 6.03 Å². The van der Waals surface area contributed by atoms with Gasteiger partial charge in [0.2, 0.25) is 0 Å². The van der Waals surface area contributed by atoms with E-state index in [2.05, 4.69) is 16.1 Å². The number of carbonyl (C=O) groups is 2. The third kappa shape index (κ3) is 7.16. The highest BCUT2D eigenvalue weighted by Crippen LogP contribution is 2.11. The van der Waals surface area contributed by atoms with Crippen LogP contribution < -0.4 is 21.8 Å². The minimum atomic E-state index is -0.712. The van der Waals surface area contributed by atoms with Gasteiger partial charge in [0.05, 0.1) is 6.61 Å². The summed E-state index contributed by atoms with van der Waals surface area (Å²) < 4.78 is 0. The summed E-state index contributed by atoms with van der Waals surface area (Å²) in [6.45, 7) is 2.29. The molecule has 0 bridgehead atoms. The smallest absolute Gasteiger partial charge is 0.315 e. The molecule has 0 heterocycles. The van der Waals surface area contributed by atoms with Gasteiger partial charge in [0.25, 0.3) is 5.91 Å². The zero-order valence-electron chi connectivity index (χ0n) is 15.0. The number of rotatable bonds is 8. The molecule has 2 aromatic carbocycles. The lowest BCUT2D eigenvalue weighted by molar-refractivity contribution is -0.136. The number of hydrogen-bond donors (Lipinski definition) is 4. The number of urea groups is 1. The van der Waals surface area contributed by atoms with E-state index in [1.165, 1.54) is 0 Å². The van der Waals surface area contributed by atoms with Crippen LogP contribution in [-0.4, -0.2) is 18.0 Å². The summed E-state index contributed by atoms with van der Waals surface area (Å²) in [7, 11) is 0. The summed E-state index contributed by atoms with van der Waals surface area (Å²) in [6, 6.07) is 13.1. The second-order valence-corrected chi connectivity index (χ2v) is 6.35. The molecule has 0 aromatic heterocycles. The van der Waals surface area contributed by atoms with Crippen LogP contribution in [-0.2, 0) is 22.8 Å². The molecular formula is C19H23ClN4O3. The molecular weight excluding hydrogens is 368 g/mol. The number of benzene rings is 2. The normalized spacial score (nSPS) is 11.5. The third-order valence-corrected chi connectivity index (χ3v) is 4.00.